The van der Waals surface area contributed by atoms with E-state index in [-0.39, 0.29) is 12.1 Å². The number of amides is 2. The molecule has 3 rings (SSSR count). The summed E-state index contributed by atoms with van der Waals surface area (Å²) in [7, 11) is 4.88. The SMILES string of the molecule is COc1ccc(OC)c(C2CCCN2C(=O)Nc2ccc(C)cc2OC)c1. The maximum absolute atomic E-state index is 13.0. The Balaban J connectivity index is 1.85. The summed E-state index contributed by atoms with van der Waals surface area (Å²) < 4.78 is 16.3. The number of urea groups is 1. The van der Waals surface area contributed by atoms with E-state index in [1.165, 1.54) is 0 Å². The molecule has 1 N–H and O–H groups in total. The van der Waals surface area contributed by atoms with Crippen LogP contribution in [-0.2, 0) is 0 Å². The molecule has 1 heterocycles. The maximum Gasteiger partial charge on any atom is 0.322 e. The predicted molar refractivity (Wildman–Crippen MR) is 105 cm³/mol. The average molecular weight is 370 g/mol. The number of hydrogen-bond donors (Lipinski definition) is 1. The van der Waals surface area contributed by atoms with Gasteiger partial charge in [0.2, 0.25) is 0 Å². The minimum atomic E-state index is -0.149. The van der Waals surface area contributed by atoms with Gasteiger partial charge >= 0.3 is 6.03 Å². The summed E-state index contributed by atoms with van der Waals surface area (Å²) in [6.07, 6.45) is 1.81. The van der Waals surface area contributed by atoms with Gasteiger partial charge in [-0.15, -0.1) is 0 Å². The highest BCUT2D eigenvalue weighted by Gasteiger charge is 2.32. The van der Waals surface area contributed by atoms with Gasteiger partial charge in [-0.1, -0.05) is 6.07 Å². The molecule has 6 heteroatoms. The number of nitrogens with zero attached hydrogens (tertiary/aromatic N) is 1. The van der Waals surface area contributed by atoms with Crippen LogP contribution in [0.4, 0.5) is 10.5 Å². The predicted octanol–water partition coefficient (Wildman–Crippen LogP) is 4.39. The largest absolute Gasteiger partial charge is 0.497 e. The fourth-order valence-corrected chi connectivity index (χ4v) is 3.52. The Morgan fingerprint density at radius 1 is 1.04 bits per heavy atom. The fraction of sp³-hybridized carbons (Fsp3) is 0.381. The van der Waals surface area contributed by atoms with E-state index in [9.17, 15) is 4.79 Å². The van der Waals surface area contributed by atoms with E-state index in [1.807, 2.05) is 48.2 Å². The summed E-state index contributed by atoms with van der Waals surface area (Å²) >= 11 is 0. The summed E-state index contributed by atoms with van der Waals surface area (Å²) in [5.41, 5.74) is 2.70. The van der Waals surface area contributed by atoms with E-state index < -0.39 is 0 Å². The van der Waals surface area contributed by atoms with Gasteiger partial charge in [0.15, 0.2) is 0 Å². The third-order valence-corrected chi connectivity index (χ3v) is 4.91. The molecule has 0 spiro atoms. The molecule has 27 heavy (non-hydrogen) atoms. The molecule has 0 radical (unpaired) electrons. The smallest absolute Gasteiger partial charge is 0.322 e. The van der Waals surface area contributed by atoms with Crippen LogP contribution in [-0.4, -0.2) is 38.8 Å². The highest BCUT2D eigenvalue weighted by atomic mass is 16.5. The van der Waals surface area contributed by atoms with E-state index in [1.54, 1.807) is 21.3 Å². The molecule has 1 unspecified atom stereocenters. The van der Waals surface area contributed by atoms with E-state index >= 15 is 0 Å². The minimum absolute atomic E-state index is 0.0634. The molecule has 6 nitrogen and oxygen atoms in total. The van der Waals surface area contributed by atoms with E-state index in [2.05, 4.69) is 5.32 Å². The van der Waals surface area contributed by atoms with Crippen LogP contribution in [0, 0.1) is 6.92 Å². The number of benzene rings is 2. The van der Waals surface area contributed by atoms with E-state index in [4.69, 9.17) is 14.2 Å². The van der Waals surface area contributed by atoms with Gasteiger partial charge in [0.05, 0.1) is 33.1 Å². The topological polar surface area (TPSA) is 60.0 Å². The van der Waals surface area contributed by atoms with Gasteiger partial charge in [0, 0.05) is 12.1 Å². The summed E-state index contributed by atoms with van der Waals surface area (Å²) in [6.45, 7) is 2.67. The van der Waals surface area contributed by atoms with Crippen molar-refractivity contribution in [2.45, 2.75) is 25.8 Å². The standard InChI is InChI=1S/C21H26N2O4/c1-14-7-9-17(20(12-14)27-4)22-21(24)23-11-5-6-18(23)16-13-15(25-2)8-10-19(16)26-3/h7-10,12-13,18H,5-6,11H2,1-4H3,(H,22,24). The van der Waals surface area contributed by atoms with Crippen molar-refractivity contribution in [1.82, 2.24) is 4.90 Å². The molecule has 1 fully saturated rings. The Morgan fingerprint density at radius 2 is 1.81 bits per heavy atom. The first-order valence-electron chi connectivity index (χ1n) is 9.01. The number of hydrogen-bond acceptors (Lipinski definition) is 4. The minimum Gasteiger partial charge on any atom is -0.497 e. The Hall–Kier alpha value is -2.89. The van der Waals surface area contributed by atoms with Crippen molar-refractivity contribution in [3.05, 3.63) is 47.5 Å². The monoisotopic (exact) mass is 370 g/mol. The lowest BCUT2D eigenvalue weighted by Crippen LogP contribution is -2.34. The second-order valence-electron chi connectivity index (χ2n) is 6.59. The first kappa shape index (κ1) is 18.9. The number of anilines is 1. The lowest BCUT2D eigenvalue weighted by atomic mass is 10.0. The lowest BCUT2D eigenvalue weighted by Gasteiger charge is -2.27. The molecule has 0 bridgehead atoms. The van der Waals surface area contributed by atoms with Crippen molar-refractivity contribution >= 4 is 11.7 Å². The van der Waals surface area contributed by atoms with Crippen molar-refractivity contribution in [2.75, 3.05) is 33.2 Å². The molecule has 1 aliphatic heterocycles. The number of carbonyl (C=O) groups excluding carboxylic acids is 1. The molecule has 2 aromatic rings. The third kappa shape index (κ3) is 3.94. The van der Waals surface area contributed by atoms with Crippen LogP contribution < -0.4 is 19.5 Å². The van der Waals surface area contributed by atoms with Gasteiger partial charge in [-0.05, 0) is 55.7 Å². The second kappa shape index (κ2) is 8.20. The Bertz CT molecular complexity index is 822. The Labute approximate surface area is 160 Å². The molecule has 2 aromatic carbocycles. The van der Waals surface area contributed by atoms with Crippen LogP contribution in [0.25, 0.3) is 0 Å². The number of carbonyl (C=O) groups is 1. The fourth-order valence-electron chi connectivity index (χ4n) is 3.52. The van der Waals surface area contributed by atoms with Gasteiger partial charge in [-0.25, -0.2) is 4.79 Å². The average Bonchev–Trinajstić information content (AvgIpc) is 3.18. The quantitative estimate of drug-likeness (QED) is 0.848. The molecule has 1 saturated heterocycles. The normalized spacial score (nSPS) is 16.1. The maximum atomic E-state index is 13.0. The van der Waals surface area contributed by atoms with Gasteiger partial charge in [-0.3, -0.25) is 0 Å². The number of ether oxygens (including phenoxy) is 3. The summed E-state index contributed by atoms with van der Waals surface area (Å²) in [4.78, 5) is 14.8. The molecule has 1 aliphatic rings. The molecule has 2 amide bonds. The summed E-state index contributed by atoms with van der Waals surface area (Å²) in [5.74, 6) is 2.16. The Morgan fingerprint density at radius 3 is 2.52 bits per heavy atom. The van der Waals surface area contributed by atoms with Crippen LogP contribution in [0.3, 0.4) is 0 Å². The van der Waals surface area contributed by atoms with Gasteiger partial charge < -0.3 is 24.4 Å². The second-order valence-corrected chi connectivity index (χ2v) is 6.59. The van der Waals surface area contributed by atoms with Crippen molar-refractivity contribution in [3.8, 4) is 17.2 Å². The zero-order valence-corrected chi connectivity index (χ0v) is 16.2. The zero-order valence-electron chi connectivity index (χ0n) is 16.2. The van der Waals surface area contributed by atoms with Gasteiger partial charge in [0.25, 0.3) is 0 Å². The highest BCUT2D eigenvalue weighted by Crippen LogP contribution is 2.39. The van der Waals surface area contributed by atoms with E-state index in [0.717, 1.165) is 35.5 Å². The van der Waals surface area contributed by atoms with E-state index in [0.29, 0.717) is 18.0 Å². The molecule has 0 aliphatic carbocycles. The van der Waals surface area contributed by atoms with Crippen molar-refractivity contribution < 1.29 is 19.0 Å². The summed E-state index contributed by atoms with van der Waals surface area (Å²) in [6, 6.07) is 11.2. The Kier molecular flexibility index (Phi) is 5.74. The van der Waals surface area contributed by atoms with Crippen LogP contribution >= 0.6 is 0 Å². The van der Waals surface area contributed by atoms with Crippen LogP contribution in [0.5, 0.6) is 17.2 Å². The molecule has 0 saturated carbocycles. The molecule has 144 valence electrons. The van der Waals surface area contributed by atoms with Crippen molar-refractivity contribution in [3.63, 3.8) is 0 Å². The number of methoxy groups -OCH3 is 3. The number of likely N-dealkylation sites (tertiary alicyclic amines) is 1. The van der Waals surface area contributed by atoms with Crippen molar-refractivity contribution in [2.24, 2.45) is 0 Å². The van der Waals surface area contributed by atoms with Crippen LogP contribution in [0.2, 0.25) is 0 Å². The first-order chi connectivity index (χ1) is 13.1. The van der Waals surface area contributed by atoms with Crippen LogP contribution in [0.15, 0.2) is 36.4 Å². The molecule has 0 aromatic heterocycles. The summed E-state index contributed by atoms with van der Waals surface area (Å²) in [5, 5.41) is 2.99. The molecular formula is C21H26N2O4. The lowest BCUT2D eigenvalue weighted by molar-refractivity contribution is 0.206. The van der Waals surface area contributed by atoms with Gasteiger partial charge in [-0.2, -0.15) is 0 Å². The first-order valence-corrected chi connectivity index (χ1v) is 9.01. The number of nitrogens with one attached hydrogen (secondary N) is 1. The number of rotatable bonds is 5. The zero-order chi connectivity index (χ0) is 19.4. The van der Waals surface area contributed by atoms with Crippen LogP contribution in [0.1, 0.15) is 30.0 Å². The third-order valence-electron chi connectivity index (χ3n) is 4.91. The van der Waals surface area contributed by atoms with Crippen molar-refractivity contribution in [1.29, 1.82) is 0 Å². The molecule has 1 atom stereocenters. The number of aryl methyl sites for hydroxylation is 1. The molecular weight excluding hydrogens is 344 g/mol. The van der Waals surface area contributed by atoms with Gasteiger partial charge in [0.1, 0.15) is 17.2 Å². The highest BCUT2D eigenvalue weighted by molar-refractivity contribution is 5.91.